The minimum atomic E-state index is -0.215. The van der Waals surface area contributed by atoms with E-state index >= 15 is 0 Å². The molecule has 1 saturated heterocycles. The van der Waals surface area contributed by atoms with E-state index in [1.54, 1.807) is 18.2 Å². The minimum absolute atomic E-state index is 0.0219. The van der Waals surface area contributed by atoms with E-state index in [0.29, 0.717) is 30.3 Å². The highest BCUT2D eigenvalue weighted by atomic mass is 16.3. The molecule has 3 aliphatic heterocycles. The lowest BCUT2D eigenvalue weighted by Crippen LogP contribution is -2.50. The highest BCUT2D eigenvalue weighted by Gasteiger charge is 2.32. The summed E-state index contributed by atoms with van der Waals surface area (Å²) in [4.78, 5) is 21.3. The molecule has 3 aromatic rings. The van der Waals surface area contributed by atoms with Gasteiger partial charge in [-0.1, -0.05) is 42.5 Å². The zero-order valence-electron chi connectivity index (χ0n) is 19.0. The Morgan fingerprint density at radius 2 is 1.82 bits per heavy atom. The Bertz CT molecular complexity index is 1230. The smallest absolute Gasteiger partial charge is 0.231 e. The number of phenols is 1. The second kappa shape index (κ2) is 8.61. The molecule has 0 radical (unpaired) electrons. The molecule has 8 nitrogen and oxygen atoms in total. The van der Waals surface area contributed by atoms with Gasteiger partial charge in [0, 0.05) is 37.8 Å². The van der Waals surface area contributed by atoms with Gasteiger partial charge in [0.05, 0.1) is 12.6 Å². The summed E-state index contributed by atoms with van der Waals surface area (Å²) in [6.45, 7) is 3.30. The average Bonchev–Trinajstić information content (AvgIpc) is 3.36. The molecule has 0 bridgehead atoms. The minimum Gasteiger partial charge on any atom is -0.508 e. The molecule has 3 aliphatic rings. The van der Waals surface area contributed by atoms with E-state index in [4.69, 9.17) is 15.0 Å². The third-order valence-corrected chi connectivity index (χ3v) is 7.07. The molecule has 0 aliphatic carbocycles. The molecule has 2 atom stereocenters. The van der Waals surface area contributed by atoms with Crippen LogP contribution < -0.4 is 9.80 Å². The number of piperazine rings is 1. The van der Waals surface area contributed by atoms with Crippen molar-refractivity contribution in [2.75, 3.05) is 42.6 Å². The predicted molar refractivity (Wildman–Crippen MR) is 131 cm³/mol. The van der Waals surface area contributed by atoms with Gasteiger partial charge in [0.1, 0.15) is 5.75 Å². The number of aromatic hydroxyl groups is 1. The topological polar surface area (TPSA) is 88.8 Å². The van der Waals surface area contributed by atoms with Gasteiger partial charge in [-0.2, -0.15) is 15.0 Å². The van der Waals surface area contributed by atoms with Crippen LogP contribution in [0, 0.1) is 0 Å². The molecule has 6 rings (SSSR count). The summed E-state index contributed by atoms with van der Waals surface area (Å²) in [7, 11) is 0. The summed E-state index contributed by atoms with van der Waals surface area (Å²) in [6, 6.07) is 15.5. The zero-order valence-corrected chi connectivity index (χ0v) is 19.0. The number of rotatable bonds is 4. The van der Waals surface area contributed by atoms with Crippen molar-refractivity contribution in [1.29, 1.82) is 0 Å². The van der Waals surface area contributed by atoms with Crippen LogP contribution in [0.4, 0.5) is 11.9 Å². The third-order valence-electron chi connectivity index (χ3n) is 7.07. The lowest BCUT2D eigenvalue weighted by molar-refractivity contribution is 0.255. The number of hydrogen-bond donors (Lipinski definition) is 2. The molecular formula is C26H28N6O2. The molecule has 174 valence electrons. The first-order chi connectivity index (χ1) is 16.7. The van der Waals surface area contributed by atoms with Gasteiger partial charge in [0.2, 0.25) is 11.9 Å². The predicted octanol–water partition coefficient (Wildman–Crippen LogP) is 2.75. The Morgan fingerprint density at radius 1 is 0.941 bits per heavy atom. The second-order valence-corrected chi connectivity index (χ2v) is 9.11. The van der Waals surface area contributed by atoms with Crippen LogP contribution in [0.25, 0.3) is 11.4 Å². The fraction of sp³-hybridized carbons (Fsp3) is 0.346. The standard InChI is InChI=1S/C26H28N6O2/c33-17-23-22-9-2-1-5-18(22)10-12-32(23)26-28-24(19-6-3-8-21(34)15-19)27-25(29-26)31-14-13-30-11-4-7-20(30)16-31/h1-6,8-9,11,15,20,23,33-34H,7,10,12-14,16-17H2/t20?,23-/m0/s1. The third kappa shape index (κ3) is 3.74. The second-order valence-electron chi connectivity index (χ2n) is 9.11. The van der Waals surface area contributed by atoms with Crippen LogP contribution in [0.3, 0.4) is 0 Å². The molecule has 2 N–H and O–H groups in total. The van der Waals surface area contributed by atoms with Crippen molar-refractivity contribution in [1.82, 2.24) is 19.9 Å². The number of aromatic nitrogens is 3. The summed E-state index contributed by atoms with van der Waals surface area (Å²) in [6.07, 6.45) is 6.31. The summed E-state index contributed by atoms with van der Waals surface area (Å²) in [5, 5.41) is 20.4. The Hall–Kier alpha value is -3.65. The number of aliphatic hydroxyl groups excluding tert-OH is 1. The Balaban J connectivity index is 1.42. The molecule has 1 aromatic heterocycles. The van der Waals surface area contributed by atoms with Crippen LogP contribution in [0.15, 0.2) is 60.8 Å². The lowest BCUT2D eigenvalue weighted by atomic mass is 9.93. The highest BCUT2D eigenvalue weighted by Crippen LogP contribution is 2.34. The van der Waals surface area contributed by atoms with Gasteiger partial charge < -0.3 is 24.9 Å². The van der Waals surface area contributed by atoms with Gasteiger partial charge in [0.15, 0.2) is 5.82 Å². The SMILES string of the molecule is OC[C@H]1c2ccccc2CCN1c1nc(-c2cccc(O)c2)nc(N2CCN3C=CCC3C2)n1. The quantitative estimate of drug-likeness (QED) is 0.620. The van der Waals surface area contributed by atoms with Gasteiger partial charge in [0.25, 0.3) is 0 Å². The first-order valence-corrected chi connectivity index (χ1v) is 11.9. The molecule has 1 fully saturated rings. The maximum absolute atomic E-state index is 10.3. The van der Waals surface area contributed by atoms with Crippen molar-refractivity contribution < 1.29 is 10.2 Å². The molecule has 0 spiro atoms. The zero-order chi connectivity index (χ0) is 23.1. The maximum atomic E-state index is 10.3. The largest absolute Gasteiger partial charge is 0.508 e. The molecule has 4 heterocycles. The van der Waals surface area contributed by atoms with Gasteiger partial charge in [-0.3, -0.25) is 0 Å². The number of anilines is 2. The number of phenolic OH excluding ortho intramolecular Hbond substituents is 1. The van der Waals surface area contributed by atoms with Crippen molar-refractivity contribution in [2.45, 2.75) is 24.9 Å². The van der Waals surface area contributed by atoms with E-state index in [0.717, 1.165) is 43.6 Å². The molecule has 0 saturated carbocycles. The first kappa shape index (κ1) is 20.9. The highest BCUT2D eigenvalue weighted by molar-refractivity contribution is 5.61. The van der Waals surface area contributed by atoms with Crippen LogP contribution in [-0.4, -0.2) is 68.9 Å². The van der Waals surface area contributed by atoms with E-state index in [1.807, 2.05) is 18.2 Å². The summed E-state index contributed by atoms with van der Waals surface area (Å²) >= 11 is 0. The van der Waals surface area contributed by atoms with E-state index in [1.165, 1.54) is 5.56 Å². The Labute approximate surface area is 198 Å². The summed E-state index contributed by atoms with van der Waals surface area (Å²) < 4.78 is 0. The number of benzene rings is 2. The molecule has 0 amide bonds. The van der Waals surface area contributed by atoms with Crippen molar-refractivity contribution in [3.63, 3.8) is 0 Å². The molecule has 34 heavy (non-hydrogen) atoms. The number of fused-ring (bicyclic) bond motifs is 2. The number of nitrogens with zero attached hydrogens (tertiary/aromatic N) is 6. The van der Waals surface area contributed by atoms with Crippen LogP contribution in [-0.2, 0) is 6.42 Å². The van der Waals surface area contributed by atoms with Gasteiger partial charge in [-0.15, -0.1) is 0 Å². The van der Waals surface area contributed by atoms with Crippen LogP contribution in [0.1, 0.15) is 23.6 Å². The van der Waals surface area contributed by atoms with Crippen molar-refractivity contribution in [3.05, 3.63) is 71.9 Å². The van der Waals surface area contributed by atoms with E-state index in [2.05, 4.69) is 39.1 Å². The van der Waals surface area contributed by atoms with Gasteiger partial charge >= 0.3 is 0 Å². The van der Waals surface area contributed by atoms with Crippen molar-refractivity contribution >= 4 is 11.9 Å². The van der Waals surface area contributed by atoms with Crippen LogP contribution in [0.5, 0.6) is 5.75 Å². The fourth-order valence-electron chi connectivity index (χ4n) is 5.30. The Kier molecular flexibility index (Phi) is 5.30. The van der Waals surface area contributed by atoms with Gasteiger partial charge in [-0.05, 0) is 42.3 Å². The van der Waals surface area contributed by atoms with Crippen molar-refractivity contribution in [2.24, 2.45) is 0 Å². The number of hydrogen-bond acceptors (Lipinski definition) is 8. The molecule has 2 aromatic carbocycles. The van der Waals surface area contributed by atoms with E-state index in [-0.39, 0.29) is 18.4 Å². The number of aliphatic hydroxyl groups is 1. The van der Waals surface area contributed by atoms with Crippen LogP contribution >= 0.6 is 0 Å². The van der Waals surface area contributed by atoms with Crippen LogP contribution in [0.2, 0.25) is 0 Å². The van der Waals surface area contributed by atoms with E-state index < -0.39 is 0 Å². The maximum Gasteiger partial charge on any atom is 0.231 e. The summed E-state index contributed by atoms with van der Waals surface area (Å²) in [5.74, 6) is 1.90. The summed E-state index contributed by atoms with van der Waals surface area (Å²) in [5.41, 5.74) is 3.11. The van der Waals surface area contributed by atoms with Gasteiger partial charge in [-0.25, -0.2) is 0 Å². The molecule has 8 heteroatoms. The molecule has 1 unspecified atom stereocenters. The monoisotopic (exact) mass is 456 g/mol. The average molecular weight is 457 g/mol. The normalized spacial score (nSPS) is 21.5. The first-order valence-electron chi connectivity index (χ1n) is 11.9. The molecular weight excluding hydrogens is 428 g/mol. The lowest BCUT2D eigenvalue weighted by Gasteiger charge is -2.39. The van der Waals surface area contributed by atoms with Crippen molar-refractivity contribution in [3.8, 4) is 17.1 Å². The Morgan fingerprint density at radius 3 is 2.71 bits per heavy atom. The fourth-order valence-corrected chi connectivity index (χ4v) is 5.30. The van der Waals surface area contributed by atoms with E-state index in [9.17, 15) is 10.2 Å².